The Morgan fingerprint density at radius 2 is 1.50 bits per heavy atom. The second kappa shape index (κ2) is 11.3. The van der Waals surface area contributed by atoms with Gasteiger partial charge in [0.15, 0.2) is 0 Å². The van der Waals surface area contributed by atoms with Crippen LogP contribution in [0.15, 0.2) is 58.9 Å². The number of nitro benzene ring substituents is 2. The summed E-state index contributed by atoms with van der Waals surface area (Å²) in [5.74, 6) is -3.74. The van der Waals surface area contributed by atoms with Crippen molar-refractivity contribution in [3.05, 3.63) is 105 Å². The maximum absolute atomic E-state index is 13.6. The van der Waals surface area contributed by atoms with Crippen LogP contribution in [0.4, 0.5) is 11.4 Å². The first-order chi connectivity index (χ1) is 19.1. The molecule has 0 saturated heterocycles. The molecule has 0 unspecified atom stereocenters. The fourth-order valence-electron chi connectivity index (χ4n) is 4.39. The predicted octanol–water partition coefficient (Wildman–Crippen LogP) is 1.76. The molecule has 0 saturated carbocycles. The van der Waals surface area contributed by atoms with Gasteiger partial charge in [-0.2, -0.15) is 0 Å². The molecule has 0 radical (unpaired) electrons. The Balaban J connectivity index is 2.18. The maximum atomic E-state index is 13.6. The first kappa shape index (κ1) is 27.9. The van der Waals surface area contributed by atoms with Crippen LogP contribution in [0.25, 0.3) is 17.5 Å². The van der Waals surface area contributed by atoms with Gasteiger partial charge in [0.1, 0.15) is 10.5 Å². The third kappa shape index (κ3) is 4.87. The molecule has 0 fully saturated rings. The van der Waals surface area contributed by atoms with Crippen molar-refractivity contribution in [1.29, 1.82) is 0 Å². The lowest BCUT2D eigenvalue weighted by molar-refractivity contribution is -0.385. The number of ether oxygens (including phenoxy) is 2. The van der Waals surface area contributed by atoms with E-state index < -0.39 is 44.8 Å². The molecular formula is C26H22N4O9S. The first-order valence-electron chi connectivity index (χ1n) is 11.9. The van der Waals surface area contributed by atoms with Crippen molar-refractivity contribution in [2.45, 2.75) is 19.8 Å². The molecule has 40 heavy (non-hydrogen) atoms. The highest BCUT2D eigenvalue weighted by Crippen LogP contribution is 2.41. The lowest BCUT2D eigenvalue weighted by Crippen LogP contribution is -2.42. The number of fused-ring (bicyclic) bond motifs is 1. The summed E-state index contributed by atoms with van der Waals surface area (Å²) in [4.78, 5) is 62.5. The number of nitrogens with two attached hydrogens (primary N) is 1. The maximum Gasteiger partial charge on any atom is 0.338 e. The van der Waals surface area contributed by atoms with Gasteiger partial charge in [-0.05, 0) is 26.0 Å². The zero-order valence-corrected chi connectivity index (χ0v) is 22.0. The number of rotatable bonds is 8. The van der Waals surface area contributed by atoms with Gasteiger partial charge in [-0.15, -0.1) is 11.3 Å². The molecule has 0 bridgehead atoms. The van der Waals surface area contributed by atoms with Crippen LogP contribution < -0.4 is 20.5 Å². The smallest absolute Gasteiger partial charge is 0.338 e. The van der Waals surface area contributed by atoms with Gasteiger partial charge in [0, 0.05) is 17.7 Å². The Labute approximate surface area is 229 Å². The normalized spacial score (nSPS) is 15.0. The molecule has 2 heterocycles. The van der Waals surface area contributed by atoms with E-state index in [4.69, 9.17) is 15.2 Å². The minimum atomic E-state index is -1.42. The minimum absolute atomic E-state index is 0.0398. The number of thiazole rings is 1. The summed E-state index contributed by atoms with van der Waals surface area (Å²) in [6.45, 7) is 2.92. The quantitative estimate of drug-likeness (QED) is 0.239. The molecular weight excluding hydrogens is 544 g/mol. The Morgan fingerprint density at radius 3 is 2.10 bits per heavy atom. The van der Waals surface area contributed by atoms with E-state index in [0.29, 0.717) is 0 Å². The van der Waals surface area contributed by atoms with Crippen molar-refractivity contribution in [2.75, 3.05) is 13.2 Å². The lowest BCUT2D eigenvalue weighted by Gasteiger charge is -2.26. The van der Waals surface area contributed by atoms with Crippen LogP contribution in [0.5, 0.6) is 0 Å². The molecule has 1 aliphatic heterocycles. The third-order valence-corrected chi connectivity index (χ3v) is 7.11. The fourth-order valence-corrected chi connectivity index (χ4v) is 5.55. The number of para-hydroxylation sites is 2. The van der Waals surface area contributed by atoms with Gasteiger partial charge in [-0.1, -0.05) is 30.3 Å². The highest BCUT2D eigenvalue weighted by Gasteiger charge is 2.42. The number of nitrogens with zero attached hydrogens (tertiary/aromatic N) is 3. The standard InChI is InChI=1S/C26H22N4O9S/c1-3-38-25(32)20-19(15-10-6-8-12-17(15)30(36)37)21(26(33)39-4-2)24-28(22(20)27)23(31)18(40-24)13-14-9-5-7-11-16(14)29(34)35/h5-13,19H,3-4,27H2,1-2H3/b18-13-/t19-/m1/s1. The van der Waals surface area contributed by atoms with Gasteiger partial charge in [0.25, 0.3) is 16.9 Å². The molecule has 14 heteroatoms. The van der Waals surface area contributed by atoms with E-state index in [1.54, 1.807) is 13.0 Å². The number of hydrogen-bond donors (Lipinski definition) is 1. The molecule has 2 aromatic carbocycles. The Morgan fingerprint density at radius 1 is 0.950 bits per heavy atom. The molecule has 1 atom stereocenters. The molecule has 0 aliphatic carbocycles. The molecule has 0 amide bonds. The number of carbonyl (C=O) groups excluding carboxylic acids is 2. The molecule has 206 valence electrons. The number of benzene rings is 2. The van der Waals surface area contributed by atoms with Gasteiger partial charge in [0.2, 0.25) is 0 Å². The van der Waals surface area contributed by atoms with Crippen LogP contribution in [-0.4, -0.2) is 39.6 Å². The number of esters is 2. The summed E-state index contributed by atoms with van der Waals surface area (Å²) in [6.07, 6.45) is 1.27. The molecule has 13 nitrogen and oxygen atoms in total. The Bertz CT molecular complexity index is 1770. The average molecular weight is 567 g/mol. The number of aromatic nitrogens is 1. The summed E-state index contributed by atoms with van der Waals surface area (Å²) in [7, 11) is 0. The van der Waals surface area contributed by atoms with Crippen molar-refractivity contribution in [3.8, 4) is 0 Å². The summed E-state index contributed by atoms with van der Waals surface area (Å²) >= 11 is 0.781. The zero-order chi connectivity index (χ0) is 29.1. The summed E-state index contributed by atoms with van der Waals surface area (Å²) in [6, 6.07) is 11.2. The van der Waals surface area contributed by atoms with Crippen molar-refractivity contribution in [2.24, 2.45) is 5.73 Å². The summed E-state index contributed by atoms with van der Waals surface area (Å²) in [5, 5.41) is 23.5. The van der Waals surface area contributed by atoms with E-state index in [-0.39, 0.29) is 50.4 Å². The van der Waals surface area contributed by atoms with Gasteiger partial charge in [-0.3, -0.25) is 29.6 Å². The van der Waals surface area contributed by atoms with Gasteiger partial charge in [0.05, 0.1) is 50.2 Å². The summed E-state index contributed by atoms with van der Waals surface area (Å²) in [5.41, 5.74) is 4.44. The van der Waals surface area contributed by atoms with Crippen molar-refractivity contribution < 1.29 is 28.9 Å². The van der Waals surface area contributed by atoms with E-state index in [9.17, 15) is 34.6 Å². The van der Waals surface area contributed by atoms with Gasteiger partial charge < -0.3 is 15.2 Å². The van der Waals surface area contributed by atoms with Gasteiger partial charge in [-0.25, -0.2) is 9.59 Å². The van der Waals surface area contributed by atoms with Gasteiger partial charge >= 0.3 is 11.9 Å². The number of hydrogen-bond acceptors (Lipinski definition) is 11. The predicted molar refractivity (Wildman–Crippen MR) is 144 cm³/mol. The molecule has 1 aromatic heterocycles. The summed E-state index contributed by atoms with van der Waals surface area (Å²) < 4.78 is 11.3. The van der Waals surface area contributed by atoms with E-state index in [2.05, 4.69) is 0 Å². The van der Waals surface area contributed by atoms with Crippen LogP contribution in [0.3, 0.4) is 0 Å². The Hall–Kier alpha value is -5.11. The lowest BCUT2D eigenvalue weighted by atomic mass is 9.82. The Kier molecular flexibility index (Phi) is 7.90. The van der Waals surface area contributed by atoms with Crippen LogP contribution in [0.1, 0.15) is 30.9 Å². The second-order valence-corrected chi connectivity index (χ2v) is 9.31. The topological polar surface area (TPSA) is 187 Å². The van der Waals surface area contributed by atoms with Crippen LogP contribution in [-0.2, 0) is 19.1 Å². The van der Waals surface area contributed by atoms with Crippen LogP contribution in [0.2, 0.25) is 0 Å². The van der Waals surface area contributed by atoms with Crippen LogP contribution in [0, 0.1) is 20.2 Å². The largest absolute Gasteiger partial charge is 0.463 e. The van der Waals surface area contributed by atoms with E-state index >= 15 is 0 Å². The third-order valence-electron chi connectivity index (χ3n) is 6.00. The minimum Gasteiger partial charge on any atom is -0.463 e. The van der Waals surface area contributed by atoms with Crippen molar-refractivity contribution in [3.63, 3.8) is 0 Å². The molecule has 3 aromatic rings. The van der Waals surface area contributed by atoms with E-state index in [1.165, 1.54) is 55.5 Å². The monoisotopic (exact) mass is 566 g/mol. The van der Waals surface area contributed by atoms with Crippen molar-refractivity contribution in [1.82, 2.24) is 4.57 Å². The molecule has 1 aliphatic rings. The highest BCUT2D eigenvalue weighted by molar-refractivity contribution is 7.07. The average Bonchev–Trinajstić information content (AvgIpc) is 3.24. The van der Waals surface area contributed by atoms with Crippen LogP contribution >= 0.6 is 11.3 Å². The number of carbonyl (C=O) groups is 2. The first-order valence-corrected chi connectivity index (χ1v) is 12.7. The van der Waals surface area contributed by atoms with Crippen molar-refractivity contribution >= 4 is 52.1 Å². The number of nitro groups is 2. The van der Waals surface area contributed by atoms with E-state index in [1.807, 2.05) is 0 Å². The molecule has 0 spiro atoms. The fraction of sp³-hybridized carbons (Fsp3) is 0.192. The zero-order valence-electron chi connectivity index (χ0n) is 21.2. The second-order valence-electron chi connectivity index (χ2n) is 8.27. The molecule has 2 N–H and O–H groups in total. The molecule has 4 rings (SSSR count). The SMILES string of the molecule is CCOC(=O)C1=C(N)n2c(s/c(=C\c3ccccc3[N+](=O)[O-])c2=O)=C(C(=O)OCC)[C@@H]1c1ccccc1[N+](=O)[O-]. The highest BCUT2D eigenvalue weighted by atomic mass is 32.1. The van der Waals surface area contributed by atoms with E-state index in [0.717, 1.165) is 15.9 Å².